The summed E-state index contributed by atoms with van der Waals surface area (Å²) < 4.78 is 1.75. The molecule has 1 atom stereocenters. The molecule has 2 aromatic rings. The van der Waals surface area contributed by atoms with Gasteiger partial charge in [0.2, 0.25) is 5.95 Å². The van der Waals surface area contributed by atoms with E-state index in [4.69, 9.17) is 0 Å². The van der Waals surface area contributed by atoms with Crippen LogP contribution in [0.5, 0.6) is 0 Å². The lowest BCUT2D eigenvalue weighted by molar-refractivity contribution is 0.529. The SMILES string of the molecule is CN1c2nc(=O)ccn2NC1(C)c1ccncc1. The normalized spacial score (nSPS) is 21.6. The highest BCUT2D eigenvalue weighted by atomic mass is 16.1. The Morgan fingerprint density at radius 3 is 2.72 bits per heavy atom. The molecule has 0 bridgehead atoms. The van der Waals surface area contributed by atoms with Gasteiger partial charge in [0.05, 0.1) is 0 Å². The molecule has 0 fully saturated rings. The van der Waals surface area contributed by atoms with Crippen molar-refractivity contribution in [1.29, 1.82) is 0 Å². The third-order valence-corrected chi connectivity index (χ3v) is 3.34. The highest BCUT2D eigenvalue weighted by molar-refractivity contribution is 5.47. The minimum atomic E-state index is -0.448. The van der Waals surface area contributed by atoms with Crippen LogP contribution in [-0.4, -0.2) is 21.7 Å². The predicted molar refractivity (Wildman–Crippen MR) is 67.8 cm³/mol. The second-order valence-corrected chi connectivity index (χ2v) is 4.41. The van der Waals surface area contributed by atoms with Crippen molar-refractivity contribution in [1.82, 2.24) is 14.6 Å². The largest absolute Gasteiger partial charge is 0.316 e. The molecule has 1 aliphatic heterocycles. The summed E-state index contributed by atoms with van der Waals surface area (Å²) in [6, 6.07) is 5.31. The average Bonchev–Trinajstić information content (AvgIpc) is 2.65. The summed E-state index contributed by atoms with van der Waals surface area (Å²) in [5.74, 6) is 0.599. The minimum absolute atomic E-state index is 0.242. The van der Waals surface area contributed by atoms with Gasteiger partial charge in [0.25, 0.3) is 5.56 Å². The molecule has 0 aliphatic carbocycles. The number of fused-ring (bicyclic) bond motifs is 1. The standard InChI is InChI=1S/C12H13N5O/c1-12(9-3-6-13-7-4-9)15-17-8-5-10(18)14-11(17)16(12)2/h3-8,15H,1-2H3. The molecule has 0 aromatic carbocycles. The fraction of sp³-hybridized carbons (Fsp3) is 0.250. The van der Waals surface area contributed by atoms with Gasteiger partial charge in [-0.15, -0.1) is 0 Å². The quantitative estimate of drug-likeness (QED) is 0.790. The minimum Gasteiger partial charge on any atom is -0.316 e. The van der Waals surface area contributed by atoms with Gasteiger partial charge in [0.1, 0.15) is 5.66 Å². The third-order valence-electron chi connectivity index (χ3n) is 3.34. The van der Waals surface area contributed by atoms with Crippen molar-refractivity contribution in [2.75, 3.05) is 17.4 Å². The highest BCUT2D eigenvalue weighted by Crippen LogP contribution is 2.33. The van der Waals surface area contributed by atoms with Gasteiger partial charge in [-0.25, -0.2) is 4.68 Å². The number of nitrogens with one attached hydrogen (secondary N) is 1. The number of anilines is 1. The van der Waals surface area contributed by atoms with Crippen LogP contribution in [0.3, 0.4) is 0 Å². The Morgan fingerprint density at radius 2 is 2.00 bits per heavy atom. The monoisotopic (exact) mass is 243 g/mol. The first-order chi connectivity index (χ1) is 8.61. The molecule has 0 spiro atoms. The number of aromatic nitrogens is 3. The van der Waals surface area contributed by atoms with Crippen molar-refractivity contribution in [3.63, 3.8) is 0 Å². The van der Waals surface area contributed by atoms with Gasteiger partial charge < -0.3 is 4.90 Å². The van der Waals surface area contributed by atoms with Crippen LogP contribution in [0.25, 0.3) is 0 Å². The van der Waals surface area contributed by atoms with Gasteiger partial charge >= 0.3 is 0 Å². The second-order valence-electron chi connectivity index (χ2n) is 4.41. The second kappa shape index (κ2) is 3.56. The molecule has 1 unspecified atom stereocenters. The molecule has 3 rings (SSSR count). The molecule has 0 saturated heterocycles. The van der Waals surface area contributed by atoms with E-state index in [2.05, 4.69) is 15.4 Å². The first-order valence-corrected chi connectivity index (χ1v) is 5.63. The lowest BCUT2D eigenvalue weighted by Crippen LogP contribution is -2.44. The van der Waals surface area contributed by atoms with Crippen LogP contribution in [0.15, 0.2) is 41.6 Å². The summed E-state index contributed by atoms with van der Waals surface area (Å²) in [5.41, 5.74) is 3.68. The van der Waals surface area contributed by atoms with Crippen LogP contribution in [0.1, 0.15) is 12.5 Å². The third kappa shape index (κ3) is 1.38. The first kappa shape index (κ1) is 10.8. The van der Waals surface area contributed by atoms with Crippen molar-refractivity contribution in [2.45, 2.75) is 12.6 Å². The van der Waals surface area contributed by atoms with E-state index in [1.165, 1.54) is 6.07 Å². The van der Waals surface area contributed by atoms with Crippen molar-refractivity contribution >= 4 is 5.95 Å². The number of hydrogen-bond donors (Lipinski definition) is 1. The van der Waals surface area contributed by atoms with Gasteiger partial charge in [-0.05, 0) is 19.1 Å². The molecule has 0 amide bonds. The molecule has 0 saturated carbocycles. The Kier molecular flexibility index (Phi) is 2.13. The van der Waals surface area contributed by atoms with Crippen LogP contribution in [0.4, 0.5) is 5.95 Å². The van der Waals surface area contributed by atoms with E-state index in [1.807, 2.05) is 31.0 Å². The van der Waals surface area contributed by atoms with E-state index in [1.54, 1.807) is 23.3 Å². The lowest BCUT2D eigenvalue weighted by Gasteiger charge is -2.32. The van der Waals surface area contributed by atoms with Crippen LogP contribution in [-0.2, 0) is 5.66 Å². The van der Waals surface area contributed by atoms with Crippen molar-refractivity contribution < 1.29 is 0 Å². The molecule has 92 valence electrons. The Hall–Kier alpha value is -2.37. The summed E-state index contributed by atoms with van der Waals surface area (Å²) in [4.78, 5) is 21.3. The summed E-state index contributed by atoms with van der Waals surface area (Å²) in [5, 5.41) is 0. The van der Waals surface area contributed by atoms with Gasteiger partial charge in [-0.1, -0.05) is 0 Å². The molecular weight excluding hydrogens is 230 g/mol. The molecule has 1 N–H and O–H groups in total. The number of pyridine rings is 1. The predicted octanol–water partition coefficient (Wildman–Crippen LogP) is 0.504. The Bertz CT molecular complexity index is 638. The molecule has 18 heavy (non-hydrogen) atoms. The number of rotatable bonds is 1. The van der Waals surface area contributed by atoms with Crippen molar-refractivity contribution in [2.24, 2.45) is 0 Å². The van der Waals surface area contributed by atoms with Crippen LogP contribution >= 0.6 is 0 Å². The number of nitrogens with zero attached hydrogens (tertiary/aromatic N) is 4. The summed E-state index contributed by atoms with van der Waals surface area (Å²) in [6.45, 7) is 2.03. The maximum Gasteiger partial charge on any atom is 0.274 e. The Morgan fingerprint density at radius 1 is 1.28 bits per heavy atom. The van der Waals surface area contributed by atoms with E-state index in [9.17, 15) is 4.79 Å². The number of hydrogen-bond acceptors (Lipinski definition) is 5. The molecule has 0 radical (unpaired) electrons. The van der Waals surface area contributed by atoms with Gasteiger partial charge in [0.15, 0.2) is 0 Å². The van der Waals surface area contributed by atoms with Crippen LogP contribution < -0.4 is 15.9 Å². The maximum absolute atomic E-state index is 11.3. The average molecular weight is 243 g/mol. The van der Waals surface area contributed by atoms with E-state index in [-0.39, 0.29) is 5.56 Å². The molecule has 1 aliphatic rings. The van der Waals surface area contributed by atoms with Crippen molar-refractivity contribution in [3.05, 3.63) is 52.7 Å². The van der Waals surface area contributed by atoms with E-state index in [0.717, 1.165) is 5.56 Å². The summed E-state index contributed by atoms with van der Waals surface area (Å²) >= 11 is 0. The smallest absolute Gasteiger partial charge is 0.274 e. The fourth-order valence-corrected chi connectivity index (χ4v) is 2.16. The maximum atomic E-state index is 11.3. The zero-order valence-corrected chi connectivity index (χ0v) is 10.2. The van der Waals surface area contributed by atoms with Gasteiger partial charge in [-0.3, -0.25) is 15.2 Å². The highest BCUT2D eigenvalue weighted by Gasteiger charge is 2.39. The topological polar surface area (TPSA) is 63.1 Å². The lowest BCUT2D eigenvalue weighted by atomic mass is 10.0. The molecular formula is C12H13N5O. The zero-order chi connectivity index (χ0) is 12.8. The summed E-state index contributed by atoms with van der Waals surface area (Å²) in [7, 11) is 1.90. The fourth-order valence-electron chi connectivity index (χ4n) is 2.16. The van der Waals surface area contributed by atoms with Crippen molar-refractivity contribution in [3.8, 4) is 0 Å². The molecule has 2 aromatic heterocycles. The zero-order valence-electron chi connectivity index (χ0n) is 10.2. The van der Waals surface area contributed by atoms with Gasteiger partial charge in [0, 0.05) is 37.3 Å². The van der Waals surface area contributed by atoms with Crippen LogP contribution in [0, 0.1) is 0 Å². The Balaban J connectivity index is 2.11. The van der Waals surface area contributed by atoms with Crippen LogP contribution in [0.2, 0.25) is 0 Å². The van der Waals surface area contributed by atoms with E-state index in [0.29, 0.717) is 5.95 Å². The van der Waals surface area contributed by atoms with Gasteiger partial charge in [-0.2, -0.15) is 4.98 Å². The summed E-state index contributed by atoms with van der Waals surface area (Å²) in [6.07, 6.45) is 5.18. The molecule has 6 nitrogen and oxygen atoms in total. The molecule has 3 heterocycles. The molecule has 6 heteroatoms. The van der Waals surface area contributed by atoms with E-state index < -0.39 is 5.66 Å². The van der Waals surface area contributed by atoms with E-state index >= 15 is 0 Å². The first-order valence-electron chi connectivity index (χ1n) is 5.63. The Labute approximate surface area is 104 Å².